The Bertz CT molecular complexity index is 1410. The fourth-order valence-corrected chi connectivity index (χ4v) is 4.07. The second kappa shape index (κ2) is 8.04. The van der Waals surface area contributed by atoms with Gasteiger partial charge in [-0.1, -0.05) is 23.9 Å². The van der Waals surface area contributed by atoms with Crippen molar-refractivity contribution in [3.63, 3.8) is 0 Å². The normalized spacial score (nSPS) is 12.3. The first kappa shape index (κ1) is 20.1. The Kier molecular flexibility index (Phi) is 5.06. The van der Waals surface area contributed by atoms with Gasteiger partial charge >= 0.3 is 0 Å². The summed E-state index contributed by atoms with van der Waals surface area (Å²) < 4.78 is 12.3. The first-order valence-electron chi connectivity index (χ1n) is 9.86. The number of benzene rings is 2. The molecule has 0 atom stereocenters. The lowest BCUT2D eigenvalue weighted by molar-refractivity contribution is -0.113. The van der Waals surface area contributed by atoms with E-state index in [4.69, 9.17) is 9.47 Å². The SMILES string of the molecule is Cc1cccc(-n2ncc3c(=O)[nH]c(SCC(=O)Nc4ccc5c(c4)OCO5)nc32)c1C. The van der Waals surface area contributed by atoms with Gasteiger partial charge in [-0.15, -0.1) is 0 Å². The summed E-state index contributed by atoms with van der Waals surface area (Å²) in [6.07, 6.45) is 1.50. The highest BCUT2D eigenvalue weighted by Crippen LogP contribution is 2.34. The van der Waals surface area contributed by atoms with Crippen molar-refractivity contribution in [1.29, 1.82) is 0 Å². The minimum absolute atomic E-state index is 0.0699. The standard InChI is InChI=1S/C22H19N5O4S/c1-12-4-3-5-16(13(12)2)27-20-15(9-23-27)21(29)26-22(25-20)32-10-19(28)24-14-6-7-17-18(8-14)31-11-30-17/h3-9H,10-11H2,1-2H3,(H,24,28)(H,25,26,29). The summed E-state index contributed by atoms with van der Waals surface area (Å²) in [6.45, 7) is 4.19. The average molecular weight is 449 g/mol. The fraction of sp³-hybridized carbons (Fsp3) is 0.182. The first-order chi connectivity index (χ1) is 15.5. The minimum atomic E-state index is -0.301. The van der Waals surface area contributed by atoms with Gasteiger partial charge in [-0.05, 0) is 43.2 Å². The van der Waals surface area contributed by atoms with E-state index in [2.05, 4.69) is 20.4 Å². The van der Waals surface area contributed by atoms with Crippen LogP contribution in [0.25, 0.3) is 16.7 Å². The zero-order valence-corrected chi connectivity index (χ0v) is 18.2. The number of aromatic nitrogens is 4. The average Bonchev–Trinajstić information content (AvgIpc) is 3.41. The molecule has 2 N–H and O–H groups in total. The number of rotatable bonds is 5. The van der Waals surface area contributed by atoms with Crippen LogP contribution >= 0.6 is 11.8 Å². The van der Waals surface area contributed by atoms with Crippen molar-refractivity contribution in [2.24, 2.45) is 0 Å². The molecule has 4 aromatic rings. The molecule has 0 saturated carbocycles. The number of anilines is 1. The molecule has 0 fully saturated rings. The van der Waals surface area contributed by atoms with Crippen molar-refractivity contribution >= 4 is 34.4 Å². The maximum atomic E-state index is 12.6. The summed E-state index contributed by atoms with van der Waals surface area (Å²) in [5, 5.41) is 7.91. The summed E-state index contributed by atoms with van der Waals surface area (Å²) in [7, 11) is 0. The molecule has 1 amide bonds. The summed E-state index contributed by atoms with van der Waals surface area (Å²) >= 11 is 1.14. The van der Waals surface area contributed by atoms with Crippen molar-refractivity contribution in [2.75, 3.05) is 17.9 Å². The lowest BCUT2D eigenvalue weighted by Gasteiger charge is -2.09. The van der Waals surface area contributed by atoms with Gasteiger partial charge in [0.25, 0.3) is 5.56 Å². The van der Waals surface area contributed by atoms with Gasteiger partial charge in [0.05, 0.1) is 17.6 Å². The van der Waals surface area contributed by atoms with Gasteiger partial charge in [-0.3, -0.25) is 9.59 Å². The lowest BCUT2D eigenvalue weighted by atomic mass is 10.1. The fourth-order valence-electron chi connectivity index (χ4n) is 3.41. The highest BCUT2D eigenvalue weighted by Gasteiger charge is 2.16. The summed E-state index contributed by atoms with van der Waals surface area (Å²) in [4.78, 5) is 32.2. The topological polar surface area (TPSA) is 111 Å². The Morgan fingerprint density at radius 1 is 1.22 bits per heavy atom. The number of H-pyrrole nitrogens is 1. The molecule has 0 aliphatic carbocycles. The van der Waals surface area contributed by atoms with Gasteiger partial charge in [-0.2, -0.15) is 5.10 Å². The van der Waals surface area contributed by atoms with Gasteiger partial charge in [0.1, 0.15) is 5.39 Å². The predicted molar refractivity (Wildman–Crippen MR) is 121 cm³/mol. The van der Waals surface area contributed by atoms with Crippen LogP contribution in [0.4, 0.5) is 5.69 Å². The molecule has 2 aromatic heterocycles. The van der Waals surface area contributed by atoms with Crippen LogP contribution in [0.3, 0.4) is 0 Å². The number of hydrogen-bond donors (Lipinski definition) is 2. The van der Waals surface area contributed by atoms with Crippen LogP contribution in [0.1, 0.15) is 11.1 Å². The van der Waals surface area contributed by atoms with Gasteiger partial charge in [0, 0.05) is 11.8 Å². The van der Waals surface area contributed by atoms with Crippen LogP contribution in [0.5, 0.6) is 11.5 Å². The highest BCUT2D eigenvalue weighted by atomic mass is 32.2. The molecule has 1 aliphatic rings. The number of nitrogens with zero attached hydrogens (tertiary/aromatic N) is 3. The summed E-state index contributed by atoms with van der Waals surface area (Å²) in [6, 6.07) is 11.1. The number of amides is 1. The molecule has 2 aromatic carbocycles. The molecule has 1 aliphatic heterocycles. The molecule has 0 unspecified atom stereocenters. The third-order valence-corrected chi connectivity index (χ3v) is 6.09. The van der Waals surface area contributed by atoms with Crippen LogP contribution in [0.2, 0.25) is 0 Å². The molecular weight excluding hydrogens is 430 g/mol. The molecular formula is C22H19N5O4S. The van der Waals surface area contributed by atoms with Gasteiger partial charge in [0.2, 0.25) is 12.7 Å². The number of nitrogens with one attached hydrogen (secondary N) is 2. The van der Waals surface area contributed by atoms with E-state index in [0.717, 1.165) is 28.6 Å². The van der Waals surface area contributed by atoms with E-state index >= 15 is 0 Å². The van der Waals surface area contributed by atoms with Crippen LogP contribution in [0, 0.1) is 13.8 Å². The molecule has 0 saturated heterocycles. The Hall–Kier alpha value is -3.79. The molecule has 3 heterocycles. The number of aryl methyl sites for hydroxylation is 1. The summed E-state index contributed by atoms with van der Waals surface area (Å²) in [5.74, 6) is 1.07. The largest absolute Gasteiger partial charge is 0.454 e. The van der Waals surface area contributed by atoms with E-state index in [9.17, 15) is 9.59 Å². The zero-order chi connectivity index (χ0) is 22.2. The van der Waals surface area contributed by atoms with E-state index < -0.39 is 0 Å². The number of hydrogen-bond acceptors (Lipinski definition) is 7. The number of carbonyl (C=O) groups excluding carboxylic acids is 1. The van der Waals surface area contributed by atoms with Crippen molar-refractivity contribution in [3.05, 3.63) is 64.1 Å². The maximum Gasteiger partial charge on any atom is 0.262 e. The molecule has 9 nitrogen and oxygen atoms in total. The molecule has 0 radical (unpaired) electrons. The van der Waals surface area contributed by atoms with Gasteiger partial charge in [0.15, 0.2) is 22.3 Å². The molecule has 0 bridgehead atoms. The third-order valence-electron chi connectivity index (χ3n) is 5.22. The van der Waals surface area contributed by atoms with Crippen molar-refractivity contribution in [2.45, 2.75) is 19.0 Å². The van der Waals surface area contributed by atoms with Gasteiger partial charge in [-0.25, -0.2) is 9.67 Å². The van der Waals surface area contributed by atoms with Crippen LogP contribution < -0.4 is 20.3 Å². The Labute approximate surface area is 186 Å². The lowest BCUT2D eigenvalue weighted by Crippen LogP contribution is -2.15. The van der Waals surface area contributed by atoms with E-state index in [1.54, 1.807) is 22.9 Å². The van der Waals surface area contributed by atoms with Gasteiger partial charge < -0.3 is 19.8 Å². The highest BCUT2D eigenvalue weighted by molar-refractivity contribution is 7.99. The van der Waals surface area contributed by atoms with Crippen LogP contribution in [-0.4, -0.2) is 38.2 Å². The van der Waals surface area contributed by atoms with Crippen molar-refractivity contribution < 1.29 is 14.3 Å². The second-order valence-corrected chi connectivity index (χ2v) is 8.25. The second-order valence-electron chi connectivity index (χ2n) is 7.29. The third kappa shape index (κ3) is 3.69. The molecule has 5 rings (SSSR count). The molecule has 162 valence electrons. The molecule has 32 heavy (non-hydrogen) atoms. The number of thioether (sulfide) groups is 1. The zero-order valence-electron chi connectivity index (χ0n) is 17.3. The number of ether oxygens (including phenoxy) is 2. The van der Waals surface area contributed by atoms with Crippen molar-refractivity contribution in [1.82, 2.24) is 19.7 Å². The van der Waals surface area contributed by atoms with Crippen LogP contribution in [-0.2, 0) is 4.79 Å². The summed E-state index contributed by atoms with van der Waals surface area (Å²) in [5.41, 5.74) is 3.77. The number of fused-ring (bicyclic) bond motifs is 2. The van der Waals surface area contributed by atoms with Crippen molar-refractivity contribution in [3.8, 4) is 17.2 Å². The Balaban J connectivity index is 1.36. The van der Waals surface area contributed by atoms with E-state index in [0.29, 0.717) is 33.4 Å². The number of aromatic amines is 1. The van der Waals surface area contributed by atoms with E-state index in [1.807, 2.05) is 32.0 Å². The monoisotopic (exact) mass is 449 g/mol. The molecule has 10 heteroatoms. The smallest absolute Gasteiger partial charge is 0.262 e. The molecule has 0 spiro atoms. The first-order valence-corrected chi connectivity index (χ1v) is 10.8. The quantitative estimate of drug-likeness (QED) is 0.356. The maximum absolute atomic E-state index is 12.6. The number of carbonyl (C=O) groups is 1. The predicted octanol–water partition coefficient (Wildman–Crippen LogP) is 3.19. The Morgan fingerprint density at radius 2 is 2.06 bits per heavy atom. The Morgan fingerprint density at radius 3 is 2.94 bits per heavy atom. The minimum Gasteiger partial charge on any atom is -0.454 e. The van der Waals surface area contributed by atoms with E-state index in [-0.39, 0.29) is 24.0 Å². The van der Waals surface area contributed by atoms with E-state index in [1.165, 1.54) is 6.20 Å². The van der Waals surface area contributed by atoms with Crippen LogP contribution in [0.15, 0.2) is 52.5 Å².